The molecule has 142 valence electrons. The molecule has 0 radical (unpaired) electrons. The molecule has 27 heavy (non-hydrogen) atoms. The summed E-state index contributed by atoms with van der Waals surface area (Å²) in [5.41, 5.74) is 0.750. The third kappa shape index (κ3) is 3.03. The summed E-state index contributed by atoms with van der Waals surface area (Å²) in [6.45, 7) is 5.63. The number of anilines is 1. The molecular weight excluding hydrogens is 345 g/mol. The van der Waals surface area contributed by atoms with Crippen LogP contribution in [0.5, 0.6) is 5.75 Å². The van der Waals surface area contributed by atoms with Crippen molar-refractivity contribution in [3.05, 3.63) is 54.1 Å². The summed E-state index contributed by atoms with van der Waals surface area (Å²) in [6.07, 6.45) is 5.49. The molecule has 4 rings (SSSR count). The third-order valence-electron chi connectivity index (χ3n) is 5.88. The average Bonchev–Trinajstić information content (AvgIpc) is 3.14. The van der Waals surface area contributed by atoms with Gasteiger partial charge in [-0.3, -0.25) is 9.78 Å². The van der Waals surface area contributed by atoms with Gasteiger partial charge >= 0.3 is 0 Å². The van der Waals surface area contributed by atoms with Crippen molar-refractivity contribution in [2.24, 2.45) is 0 Å². The van der Waals surface area contributed by atoms with Crippen LogP contribution in [0, 0.1) is 5.82 Å². The Hall–Kier alpha value is -2.63. The van der Waals surface area contributed by atoms with Crippen molar-refractivity contribution in [1.82, 2.24) is 9.88 Å². The second-order valence-electron chi connectivity index (χ2n) is 8.27. The van der Waals surface area contributed by atoms with E-state index < -0.39 is 0 Å². The van der Waals surface area contributed by atoms with E-state index in [1.807, 2.05) is 11.0 Å². The highest BCUT2D eigenvalue weighted by Crippen LogP contribution is 2.47. The summed E-state index contributed by atoms with van der Waals surface area (Å²) < 4.78 is 13.8. The highest BCUT2D eigenvalue weighted by atomic mass is 19.1. The zero-order valence-corrected chi connectivity index (χ0v) is 15.7. The third-order valence-corrected chi connectivity index (χ3v) is 5.88. The summed E-state index contributed by atoms with van der Waals surface area (Å²) in [5, 5.41) is 9.68. The second kappa shape index (κ2) is 6.22. The van der Waals surface area contributed by atoms with Gasteiger partial charge in [-0.2, -0.15) is 0 Å². The fourth-order valence-corrected chi connectivity index (χ4v) is 4.85. The van der Waals surface area contributed by atoms with E-state index in [4.69, 9.17) is 0 Å². The molecule has 0 aliphatic carbocycles. The van der Waals surface area contributed by atoms with Gasteiger partial charge in [0.15, 0.2) is 0 Å². The molecule has 0 bridgehead atoms. The average molecular weight is 369 g/mol. The van der Waals surface area contributed by atoms with Crippen LogP contribution in [0.3, 0.4) is 0 Å². The first kappa shape index (κ1) is 17.8. The fourth-order valence-electron chi connectivity index (χ4n) is 4.85. The largest absolute Gasteiger partial charge is 0.506 e. The van der Waals surface area contributed by atoms with Gasteiger partial charge in [-0.05, 0) is 57.4 Å². The molecule has 1 aromatic carbocycles. The quantitative estimate of drug-likeness (QED) is 0.879. The summed E-state index contributed by atoms with van der Waals surface area (Å²) in [7, 11) is 0. The van der Waals surface area contributed by atoms with E-state index in [1.165, 1.54) is 24.5 Å². The van der Waals surface area contributed by atoms with E-state index in [1.54, 1.807) is 12.1 Å². The normalized spacial score (nSPS) is 24.0. The van der Waals surface area contributed by atoms with E-state index in [2.05, 4.69) is 23.7 Å². The molecule has 1 atom stereocenters. The number of halogens is 1. The van der Waals surface area contributed by atoms with Crippen LogP contribution in [0.2, 0.25) is 0 Å². The maximum Gasteiger partial charge on any atom is 0.256 e. The molecule has 1 aromatic heterocycles. The monoisotopic (exact) mass is 369 g/mol. The number of hydrogen-bond donors (Lipinski definition) is 1. The Morgan fingerprint density at radius 2 is 2.07 bits per heavy atom. The summed E-state index contributed by atoms with van der Waals surface area (Å²) in [6, 6.07) is 8.11. The van der Waals surface area contributed by atoms with Crippen molar-refractivity contribution in [1.29, 1.82) is 0 Å². The van der Waals surface area contributed by atoms with Crippen LogP contribution in [-0.4, -0.2) is 45.1 Å². The number of nitrogens with zero attached hydrogens (tertiary/aromatic N) is 3. The SMILES string of the molecule is CC1(C)CC2(CCCN2C(=O)c2cncc(O)c2)CN1c1cccc(F)c1. The number of aromatic hydroxyl groups is 1. The van der Waals surface area contributed by atoms with Crippen LogP contribution in [0.25, 0.3) is 0 Å². The number of hydrogen-bond acceptors (Lipinski definition) is 4. The van der Waals surface area contributed by atoms with E-state index in [0.717, 1.165) is 24.9 Å². The van der Waals surface area contributed by atoms with Crippen molar-refractivity contribution >= 4 is 11.6 Å². The van der Waals surface area contributed by atoms with Gasteiger partial charge in [-0.15, -0.1) is 0 Å². The lowest BCUT2D eigenvalue weighted by molar-refractivity contribution is 0.0616. The number of likely N-dealkylation sites (tertiary alicyclic amines) is 1. The predicted octanol–water partition coefficient (Wildman–Crippen LogP) is 3.59. The van der Waals surface area contributed by atoms with Crippen LogP contribution in [-0.2, 0) is 0 Å². The lowest BCUT2D eigenvalue weighted by Gasteiger charge is -2.35. The molecule has 1 amide bonds. The van der Waals surface area contributed by atoms with Crippen LogP contribution in [0.4, 0.5) is 10.1 Å². The number of carbonyl (C=O) groups is 1. The minimum absolute atomic E-state index is 0.0118. The van der Waals surface area contributed by atoms with Crippen molar-refractivity contribution in [2.45, 2.75) is 44.2 Å². The van der Waals surface area contributed by atoms with E-state index >= 15 is 0 Å². The number of carbonyl (C=O) groups excluding carboxylic acids is 1. The Bertz CT molecular complexity index is 885. The summed E-state index contributed by atoms with van der Waals surface area (Å²) in [4.78, 5) is 21.3. The Morgan fingerprint density at radius 1 is 1.26 bits per heavy atom. The molecule has 2 aliphatic rings. The van der Waals surface area contributed by atoms with Gasteiger partial charge in [0.2, 0.25) is 0 Å². The molecule has 2 saturated heterocycles. The maximum atomic E-state index is 13.8. The van der Waals surface area contributed by atoms with Crippen LogP contribution >= 0.6 is 0 Å². The van der Waals surface area contributed by atoms with Gasteiger partial charge in [-0.25, -0.2) is 4.39 Å². The molecule has 1 unspecified atom stereocenters. The molecule has 1 N–H and O–H groups in total. The van der Waals surface area contributed by atoms with Gasteiger partial charge < -0.3 is 14.9 Å². The zero-order valence-electron chi connectivity index (χ0n) is 15.7. The highest BCUT2D eigenvalue weighted by Gasteiger charge is 2.55. The molecule has 5 nitrogen and oxygen atoms in total. The van der Waals surface area contributed by atoms with Gasteiger partial charge in [0, 0.05) is 30.5 Å². The molecular formula is C21H24FN3O2. The minimum atomic E-state index is -0.293. The smallest absolute Gasteiger partial charge is 0.256 e. The zero-order chi connectivity index (χ0) is 19.2. The molecule has 0 saturated carbocycles. The standard InChI is InChI=1S/C21H24FN3O2/c1-20(2)13-21(14-25(20)17-6-3-5-16(22)10-17)7-4-8-24(21)19(27)15-9-18(26)12-23-11-15/h3,5-6,9-12,26H,4,7-8,13-14H2,1-2H3. The van der Waals surface area contributed by atoms with E-state index in [0.29, 0.717) is 18.7 Å². The molecule has 2 aromatic rings. The Labute approximate surface area is 158 Å². The lowest BCUT2D eigenvalue weighted by atomic mass is 9.87. The fraction of sp³-hybridized carbons (Fsp3) is 0.429. The van der Waals surface area contributed by atoms with Crippen molar-refractivity contribution < 1.29 is 14.3 Å². The Morgan fingerprint density at radius 3 is 2.81 bits per heavy atom. The number of amides is 1. The van der Waals surface area contributed by atoms with Crippen LogP contribution in [0.1, 0.15) is 43.5 Å². The number of aromatic nitrogens is 1. The molecule has 2 fully saturated rings. The van der Waals surface area contributed by atoms with Crippen molar-refractivity contribution in [3.63, 3.8) is 0 Å². The summed E-state index contributed by atoms with van der Waals surface area (Å²) in [5.74, 6) is -0.371. The predicted molar refractivity (Wildman–Crippen MR) is 101 cm³/mol. The van der Waals surface area contributed by atoms with E-state index in [-0.39, 0.29) is 28.6 Å². The van der Waals surface area contributed by atoms with Gasteiger partial charge in [0.05, 0.1) is 17.3 Å². The second-order valence-corrected chi connectivity index (χ2v) is 8.27. The van der Waals surface area contributed by atoms with Gasteiger partial charge in [0.1, 0.15) is 11.6 Å². The molecule has 1 spiro atoms. The molecule has 2 aliphatic heterocycles. The minimum Gasteiger partial charge on any atom is -0.506 e. The van der Waals surface area contributed by atoms with Gasteiger partial charge in [0.25, 0.3) is 5.91 Å². The Balaban J connectivity index is 1.67. The van der Waals surface area contributed by atoms with E-state index in [9.17, 15) is 14.3 Å². The lowest BCUT2D eigenvalue weighted by Crippen LogP contribution is -2.49. The Kier molecular flexibility index (Phi) is 4.09. The first-order valence-corrected chi connectivity index (χ1v) is 9.30. The van der Waals surface area contributed by atoms with Crippen molar-refractivity contribution in [3.8, 4) is 5.75 Å². The topological polar surface area (TPSA) is 56.7 Å². The number of benzene rings is 1. The number of rotatable bonds is 2. The van der Waals surface area contributed by atoms with Crippen molar-refractivity contribution in [2.75, 3.05) is 18.0 Å². The van der Waals surface area contributed by atoms with Gasteiger partial charge in [-0.1, -0.05) is 6.07 Å². The van der Waals surface area contributed by atoms with Crippen LogP contribution < -0.4 is 4.90 Å². The maximum absolute atomic E-state index is 13.8. The first-order valence-electron chi connectivity index (χ1n) is 9.30. The highest BCUT2D eigenvalue weighted by molar-refractivity contribution is 5.95. The molecule has 3 heterocycles. The summed E-state index contributed by atoms with van der Waals surface area (Å²) >= 11 is 0. The first-order chi connectivity index (χ1) is 12.8. The molecule has 6 heteroatoms. The number of pyridine rings is 1. The van der Waals surface area contributed by atoms with Crippen LogP contribution in [0.15, 0.2) is 42.7 Å².